The summed E-state index contributed by atoms with van der Waals surface area (Å²) in [6.07, 6.45) is 0. The summed E-state index contributed by atoms with van der Waals surface area (Å²) in [5.41, 5.74) is 7.89. The highest BCUT2D eigenvalue weighted by Gasteiger charge is 2.23. The molecule has 30 heavy (non-hydrogen) atoms. The molecule has 0 unspecified atom stereocenters. The van der Waals surface area contributed by atoms with Crippen LogP contribution in [0.2, 0.25) is 0 Å². The minimum Gasteiger partial charge on any atom is -0.465 e. The molecule has 3 aromatic rings. The van der Waals surface area contributed by atoms with Gasteiger partial charge in [0.05, 0.1) is 24.7 Å². The summed E-state index contributed by atoms with van der Waals surface area (Å²) in [6, 6.07) is 14.2. The van der Waals surface area contributed by atoms with Gasteiger partial charge in [0.25, 0.3) is 5.91 Å². The molecule has 1 amide bonds. The molecule has 0 saturated carbocycles. The van der Waals surface area contributed by atoms with E-state index in [0.29, 0.717) is 42.4 Å². The van der Waals surface area contributed by atoms with Crippen molar-refractivity contribution in [3.63, 3.8) is 0 Å². The average molecular weight is 405 g/mol. The van der Waals surface area contributed by atoms with Gasteiger partial charge in [0.2, 0.25) is 0 Å². The highest BCUT2D eigenvalue weighted by Crippen LogP contribution is 2.18. The molecule has 1 saturated heterocycles. The van der Waals surface area contributed by atoms with Crippen molar-refractivity contribution < 1.29 is 14.3 Å². The van der Waals surface area contributed by atoms with Crippen molar-refractivity contribution >= 4 is 28.6 Å². The fourth-order valence-electron chi connectivity index (χ4n) is 3.58. The number of anilines is 1. The molecule has 0 aliphatic carbocycles. The van der Waals surface area contributed by atoms with Crippen LogP contribution in [0.1, 0.15) is 26.5 Å². The number of hydrogen-bond acceptors (Lipinski definition) is 7. The number of hydrogen-bond donors (Lipinski definition) is 1. The molecule has 1 aromatic heterocycles. The summed E-state index contributed by atoms with van der Waals surface area (Å²) in [7, 11) is 1.33. The Balaban J connectivity index is 1.37. The summed E-state index contributed by atoms with van der Waals surface area (Å²) in [5.74, 6) is 0.709. The number of amides is 1. The molecular weight excluding hydrogens is 382 g/mol. The molecule has 2 aromatic carbocycles. The molecule has 2 heterocycles. The first-order valence-corrected chi connectivity index (χ1v) is 9.76. The van der Waals surface area contributed by atoms with Crippen molar-refractivity contribution in [2.75, 3.05) is 39.0 Å². The number of carbonyl (C=O) groups excluding carboxylic acids is 2. The number of methoxy groups -OCH3 is 1. The second-order valence-corrected chi connectivity index (χ2v) is 7.18. The SMILES string of the molecule is COC(=O)c1ccc(C(=O)N2CCN(Cc3nc(N)c4ccccc4n3)CC2)cc1. The fraction of sp³-hybridized carbons (Fsp3) is 0.273. The number of para-hydroxylation sites is 1. The monoisotopic (exact) mass is 405 g/mol. The van der Waals surface area contributed by atoms with Crippen LogP contribution in [0.25, 0.3) is 10.9 Å². The van der Waals surface area contributed by atoms with Crippen LogP contribution in [0.15, 0.2) is 48.5 Å². The molecule has 8 nitrogen and oxygen atoms in total. The number of piperazine rings is 1. The number of aromatic nitrogens is 2. The Labute approximate surface area is 174 Å². The summed E-state index contributed by atoms with van der Waals surface area (Å²) in [6.45, 7) is 3.26. The summed E-state index contributed by atoms with van der Waals surface area (Å²) in [4.78, 5) is 37.4. The Morgan fingerprint density at radius 1 is 0.967 bits per heavy atom. The zero-order valence-electron chi connectivity index (χ0n) is 16.7. The van der Waals surface area contributed by atoms with Crippen LogP contribution in [-0.2, 0) is 11.3 Å². The molecule has 1 aliphatic rings. The first-order chi connectivity index (χ1) is 14.5. The first kappa shape index (κ1) is 19.8. The zero-order valence-corrected chi connectivity index (χ0v) is 16.7. The smallest absolute Gasteiger partial charge is 0.337 e. The lowest BCUT2D eigenvalue weighted by atomic mass is 10.1. The second kappa shape index (κ2) is 8.46. The van der Waals surface area contributed by atoms with E-state index in [9.17, 15) is 9.59 Å². The topological polar surface area (TPSA) is 102 Å². The minimum absolute atomic E-state index is 0.0442. The van der Waals surface area contributed by atoms with E-state index in [2.05, 4.69) is 19.6 Å². The van der Waals surface area contributed by atoms with Crippen LogP contribution in [0.3, 0.4) is 0 Å². The van der Waals surface area contributed by atoms with Crippen molar-refractivity contribution in [2.24, 2.45) is 0 Å². The van der Waals surface area contributed by atoms with Gasteiger partial charge >= 0.3 is 5.97 Å². The Morgan fingerprint density at radius 3 is 2.33 bits per heavy atom. The van der Waals surface area contributed by atoms with Crippen LogP contribution in [0.5, 0.6) is 0 Å². The number of nitrogen functional groups attached to an aromatic ring is 1. The van der Waals surface area contributed by atoms with Crippen molar-refractivity contribution in [2.45, 2.75) is 6.54 Å². The van der Waals surface area contributed by atoms with Gasteiger partial charge in [-0.3, -0.25) is 9.69 Å². The number of rotatable bonds is 4. The van der Waals surface area contributed by atoms with Crippen molar-refractivity contribution in [3.8, 4) is 0 Å². The number of fused-ring (bicyclic) bond motifs is 1. The maximum atomic E-state index is 12.8. The molecule has 154 valence electrons. The maximum absolute atomic E-state index is 12.8. The largest absolute Gasteiger partial charge is 0.465 e. The maximum Gasteiger partial charge on any atom is 0.337 e. The van der Waals surface area contributed by atoms with E-state index in [-0.39, 0.29) is 5.91 Å². The highest BCUT2D eigenvalue weighted by molar-refractivity contribution is 5.96. The molecule has 0 radical (unpaired) electrons. The van der Waals surface area contributed by atoms with Gasteiger partial charge in [-0.25, -0.2) is 14.8 Å². The lowest BCUT2D eigenvalue weighted by molar-refractivity contribution is 0.0595. The Bertz CT molecular complexity index is 1080. The van der Waals surface area contributed by atoms with E-state index in [1.165, 1.54) is 7.11 Å². The van der Waals surface area contributed by atoms with Gasteiger partial charge in [0.15, 0.2) is 0 Å². The Morgan fingerprint density at radius 2 is 1.63 bits per heavy atom. The average Bonchev–Trinajstić information content (AvgIpc) is 2.79. The van der Waals surface area contributed by atoms with Crippen LogP contribution in [0.4, 0.5) is 5.82 Å². The number of nitrogens with zero attached hydrogens (tertiary/aromatic N) is 4. The fourth-order valence-corrected chi connectivity index (χ4v) is 3.58. The van der Waals surface area contributed by atoms with E-state index in [1.807, 2.05) is 29.2 Å². The van der Waals surface area contributed by atoms with Crippen molar-refractivity contribution in [1.82, 2.24) is 19.8 Å². The molecule has 0 spiro atoms. The quantitative estimate of drug-likeness (QED) is 0.662. The number of benzene rings is 2. The molecule has 8 heteroatoms. The normalized spacial score (nSPS) is 14.6. The molecular formula is C22H23N5O3. The predicted octanol–water partition coefficient (Wildman–Crippen LogP) is 1.96. The van der Waals surface area contributed by atoms with Gasteiger partial charge in [-0.05, 0) is 36.4 Å². The lowest BCUT2D eigenvalue weighted by Crippen LogP contribution is -2.48. The van der Waals surface area contributed by atoms with Crippen LogP contribution < -0.4 is 5.73 Å². The Hall–Kier alpha value is -3.52. The van der Waals surface area contributed by atoms with Gasteiger partial charge in [-0.2, -0.15) is 0 Å². The van der Waals surface area contributed by atoms with E-state index >= 15 is 0 Å². The van der Waals surface area contributed by atoms with E-state index in [0.717, 1.165) is 24.0 Å². The molecule has 1 fully saturated rings. The van der Waals surface area contributed by atoms with E-state index < -0.39 is 5.97 Å². The van der Waals surface area contributed by atoms with Crippen LogP contribution in [0, 0.1) is 0 Å². The van der Waals surface area contributed by atoms with Gasteiger partial charge in [-0.1, -0.05) is 12.1 Å². The third-order valence-electron chi connectivity index (χ3n) is 5.26. The van der Waals surface area contributed by atoms with Gasteiger partial charge in [-0.15, -0.1) is 0 Å². The highest BCUT2D eigenvalue weighted by atomic mass is 16.5. The van der Waals surface area contributed by atoms with Crippen LogP contribution in [-0.4, -0.2) is 64.9 Å². The standard InChI is InChI=1S/C22H23N5O3/c1-30-22(29)16-8-6-15(7-9-16)21(28)27-12-10-26(11-13-27)14-19-24-18-5-3-2-4-17(18)20(23)25-19/h2-9H,10-14H2,1H3,(H2,23,24,25). The minimum atomic E-state index is -0.417. The number of nitrogens with two attached hydrogens (primary N) is 1. The molecule has 1 aliphatic heterocycles. The van der Waals surface area contributed by atoms with Crippen molar-refractivity contribution in [3.05, 3.63) is 65.5 Å². The third-order valence-corrected chi connectivity index (χ3v) is 5.26. The molecule has 2 N–H and O–H groups in total. The van der Waals surface area contributed by atoms with Gasteiger partial charge in [0, 0.05) is 37.1 Å². The lowest BCUT2D eigenvalue weighted by Gasteiger charge is -2.34. The second-order valence-electron chi connectivity index (χ2n) is 7.18. The number of carbonyl (C=O) groups is 2. The number of ether oxygens (including phenoxy) is 1. The molecule has 0 bridgehead atoms. The predicted molar refractivity (Wildman–Crippen MR) is 113 cm³/mol. The molecule has 0 atom stereocenters. The summed E-state index contributed by atoms with van der Waals surface area (Å²) < 4.78 is 4.69. The van der Waals surface area contributed by atoms with Crippen LogP contribution >= 0.6 is 0 Å². The van der Waals surface area contributed by atoms with E-state index in [4.69, 9.17) is 5.73 Å². The molecule has 4 rings (SSSR count). The number of esters is 1. The van der Waals surface area contributed by atoms with E-state index in [1.54, 1.807) is 24.3 Å². The third kappa shape index (κ3) is 4.08. The van der Waals surface area contributed by atoms with Crippen molar-refractivity contribution in [1.29, 1.82) is 0 Å². The van der Waals surface area contributed by atoms with Gasteiger partial charge in [0.1, 0.15) is 11.6 Å². The zero-order chi connectivity index (χ0) is 21.1. The summed E-state index contributed by atoms with van der Waals surface area (Å²) in [5, 5.41) is 0.856. The Kier molecular flexibility index (Phi) is 5.58. The summed E-state index contributed by atoms with van der Waals surface area (Å²) >= 11 is 0. The first-order valence-electron chi connectivity index (χ1n) is 9.76. The van der Waals surface area contributed by atoms with Gasteiger partial charge < -0.3 is 15.4 Å².